The first-order valence-corrected chi connectivity index (χ1v) is 11.1. The van der Waals surface area contributed by atoms with E-state index >= 15 is 0 Å². The lowest BCUT2D eigenvalue weighted by Gasteiger charge is -2.37. The summed E-state index contributed by atoms with van der Waals surface area (Å²) in [5.74, 6) is 3.04. The number of aryl methyl sites for hydroxylation is 2. The van der Waals surface area contributed by atoms with Crippen LogP contribution in [0.2, 0.25) is 0 Å². The lowest BCUT2D eigenvalue weighted by atomic mass is 10.2. The highest BCUT2D eigenvalue weighted by molar-refractivity contribution is 5.80. The van der Waals surface area contributed by atoms with Gasteiger partial charge >= 0.3 is 0 Å². The van der Waals surface area contributed by atoms with Crippen molar-refractivity contribution >= 4 is 11.6 Å². The van der Waals surface area contributed by atoms with Gasteiger partial charge in [0.15, 0.2) is 5.96 Å². The number of aromatic nitrogens is 3. The summed E-state index contributed by atoms with van der Waals surface area (Å²) in [7, 11) is 1.84. The van der Waals surface area contributed by atoms with Gasteiger partial charge < -0.3 is 19.7 Å². The minimum atomic E-state index is -0.191. The summed E-state index contributed by atoms with van der Waals surface area (Å²) >= 11 is 0. The minimum absolute atomic E-state index is 0.191. The molecule has 0 saturated carbocycles. The van der Waals surface area contributed by atoms with E-state index in [0.29, 0.717) is 0 Å². The molecular formula is C22H32FN7. The van der Waals surface area contributed by atoms with E-state index in [1.165, 1.54) is 31.4 Å². The maximum atomic E-state index is 13.1. The van der Waals surface area contributed by atoms with Gasteiger partial charge in [0.25, 0.3) is 0 Å². The number of rotatable bonds is 5. The van der Waals surface area contributed by atoms with Crippen molar-refractivity contribution in [3.8, 4) is 0 Å². The Bertz CT molecular complexity index is 838. The minimum Gasteiger partial charge on any atom is -0.368 e. The molecule has 30 heavy (non-hydrogen) atoms. The van der Waals surface area contributed by atoms with Crippen LogP contribution in [0, 0.1) is 5.82 Å². The molecule has 0 amide bonds. The van der Waals surface area contributed by atoms with Crippen molar-refractivity contribution < 1.29 is 4.39 Å². The second-order valence-corrected chi connectivity index (χ2v) is 8.02. The fourth-order valence-corrected chi connectivity index (χ4v) is 4.34. The third kappa shape index (κ3) is 4.91. The molecule has 1 aromatic carbocycles. The molecule has 1 saturated heterocycles. The predicted octanol–water partition coefficient (Wildman–Crippen LogP) is 2.47. The van der Waals surface area contributed by atoms with Gasteiger partial charge in [-0.05, 0) is 43.5 Å². The van der Waals surface area contributed by atoms with E-state index in [-0.39, 0.29) is 5.82 Å². The molecule has 0 bridgehead atoms. The molecule has 3 heterocycles. The first-order valence-electron chi connectivity index (χ1n) is 11.1. The molecule has 162 valence electrons. The van der Waals surface area contributed by atoms with Crippen molar-refractivity contribution in [2.45, 2.75) is 45.1 Å². The van der Waals surface area contributed by atoms with Gasteiger partial charge in [-0.2, -0.15) is 0 Å². The zero-order chi connectivity index (χ0) is 20.8. The molecule has 7 nitrogen and oxygen atoms in total. The van der Waals surface area contributed by atoms with Crippen LogP contribution in [-0.2, 0) is 19.4 Å². The Labute approximate surface area is 178 Å². The molecule has 2 aromatic rings. The lowest BCUT2D eigenvalue weighted by Crippen LogP contribution is -2.52. The van der Waals surface area contributed by atoms with Crippen molar-refractivity contribution in [2.24, 2.45) is 4.99 Å². The Kier molecular flexibility index (Phi) is 6.81. The van der Waals surface area contributed by atoms with Crippen molar-refractivity contribution in [1.82, 2.24) is 25.0 Å². The van der Waals surface area contributed by atoms with E-state index in [1.807, 2.05) is 19.2 Å². The van der Waals surface area contributed by atoms with E-state index in [0.717, 1.165) is 81.8 Å². The van der Waals surface area contributed by atoms with Crippen molar-refractivity contribution in [1.29, 1.82) is 0 Å². The van der Waals surface area contributed by atoms with Crippen LogP contribution in [0.15, 0.2) is 29.3 Å². The zero-order valence-electron chi connectivity index (χ0n) is 17.9. The number of hydrogen-bond donors (Lipinski definition) is 1. The molecule has 0 spiro atoms. The summed E-state index contributed by atoms with van der Waals surface area (Å²) in [4.78, 5) is 9.06. The Morgan fingerprint density at radius 3 is 2.60 bits per heavy atom. The maximum Gasteiger partial charge on any atom is 0.193 e. The number of hydrogen-bond acceptors (Lipinski definition) is 4. The molecule has 0 atom stereocenters. The fourth-order valence-electron chi connectivity index (χ4n) is 4.34. The molecule has 0 radical (unpaired) electrons. The first-order chi connectivity index (χ1) is 14.7. The highest BCUT2D eigenvalue weighted by atomic mass is 19.1. The zero-order valence-corrected chi connectivity index (χ0v) is 17.9. The van der Waals surface area contributed by atoms with E-state index in [4.69, 9.17) is 0 Å². The SMILES string of the molecule is CN=C(NCCCc1nnc2n1CCCCC2)N1CCN(c2ccc(F)cc2)CC1. The number of anilines is 1. The molecular weight excluding hydrogens is 381 g/mol. The van der Waals surface area contributed by atoms with Gasteiger partial charge in [-0.15, -0.1) is 10.2 Å². The van der Waals surface area contributed by atoms with Crippen LogP contribution >= 0.6 is 0 Å². The summed E-state index contributed by atoms with van der Waals surface area (Å²) in [6, 6.07) is 6.75. The first kappa shape index (κ1) is 20.6. The summed E-state index contributed by atoms with van der Waals surface area (Å²) in [6.07, 6.45) is 6.75. The number of piperazine rings is 1. The van der Waals surface area contributed by atoms with Crippen molar-refractivity contribution in [3.63, 3.8) is 0 Å². The van der Waals surface area contributed by atoms with Gasteiger partial charge in [0.2, 0.25) is 0 Å². The number of benzene rings is 1. The maximum absolute atomic E-state index is 13.1. The molecule has 2 aliphatic rings. The van der Waals surface area contributed by atoms with Gasteiger partial charge in [-0.25, -0.2) is 4.39 Å². The van der Waals surface area contributed by atoms with Crippen LogP contribution in [0.25, 0.3) is 0 Å². The number of nitrogens with zero attached hydrogens (tertiary/aromatic N) is 6. The Balaban J connectivity index is 1.22. The highest BCUT2D eigenvalue weighted by Gasteiger charge is 2.20. The third-order valence-corrected chi connectivity index (χ3v) is 6.03. The highest BCUT2D eigenvalue weighted by Crippen LogP contribution is 2.17. The second-order valence-electron chi connectivity index (χ2n) is 8.02. The normalized spacial score (nSPS) is 17.6. The number of halogens is 1. The Morgan fingerprint density at radius 1 is 1.03 bits per heavy atom. The van der Waals surface area contributed by atoms with Crippen molar-refractivity contribution in [2.75, 3.05) is 44.7 Å². The van der Waals surface area contributed by atoms with E-state index in [2.05, 4.69) is 34.9 Å². The Hall–Kier alpha value is -2.64. The quantitative estimate of drug-likeness (QED) is 0.464. The molecule has 0 unspecified atom stereocenters. The summed E-state index contributed by atoms with van der Waals surface area (Å²) in [6.45, 7) is 5.53. The average Bonchev–Trinajstić information content (AvgIpc) is 3.00. The monoisotopic (exact) mass is 413 g/mol. The fraction of sp³-hybridized carbons (Fsp3) is 0.591. The lowest BCUT2D eigenvalue weighted by molar-refractivity contribution is 0.372. The van der Waals surface area contributed by atoms with E-state index in [1.54, 1.807) is 0 Å². The number of fused-ring (bicyclic) bond motifs is 1. The van der Waals surface area contributed by atoms with E-state index in [9.17, 15) is 4.39 Å². The topological polar surface area (TPSA) is 61.6 Å². The smallest absolute Gasteiger partial charge is 0.193 e. The number of guanidine groups is 1. The number of aliphatic imine (C=N–C) groups is 1. The van der Waals surface area contributed by atoms with Gasteiger partial charge in [0, 0.05) is 64.8 Å². The van der Waals surface area contributed by atoms with Gasteiger partial charge in [-0.1, -0.05) is 6.42 Å². The van der Waals surface area contributed by atoms with Crippen LogP contribution in [0.1, 0.15) is 37.3 Å². The van der Waals surface area contributed by atoms with Gasteiger partial charge in [0.05, 0.1) is 0 Å². The van der Waals surface area contributed by atoms with Crippen LogP contribution in [0.5, 0.6) is 0 Å². The summed E-state index contributed by atoms with van der Waals surface area (Å²) < 4.78 is 15.5. The van der Waals surface area contributed by atoms with Crippen LogP contribution in [0.4, 0.5) is 10.1 Å². The standard InChI is InChI=1S/C22H32FN7/c1-24-22(29-16-14-28(15-17-29)19-10-8-18(23)9-11-19)25-12-5-7-21-27-26-20-6-3-2-4-13-30(20)21/h8-11H,2-7,12-17H2,1H3,(H,24,25). The van der Waals surface area contributed by atoms with E-state index < -0.39 is 0 Å². The summed E-state index contributed by atoms with van der Waals surface area (Å²) in [5.41, 5.74) is 1.08. The summed E-state index contributed by atoms with van der Waals surface area (Å²) in [5, 5.41) is 12.3. The molecule has 1 aromatic heterocycles. The Morgan fingerprint density at radius 2 is 1.83 bits per heavy atom. The largest absolute Gasteiger partial charge is 0.368 e. The average molecular weight is 414 g/mol. The second kappa shape index (κ2) is 9.91. The van der Waals surface area contributed by atoms with Crippen LogP contribution < -0.4 is 10.2 Å². The molecule has 0 aliphatic carbocycles. The third-order valence-electron chi connectivity index (χ3n) is 6.03. The van der Waals surface area contributed by atoms with Crippen LogP contribution in [-0.4, -0.2) is 65.4 Å². The predicted molar refractivity (Wildman–Crippen MR) is 117 cm³/mol. The molecule has 1 N–H and O–H groups in total. The molecule has 1 fully saturated rings. The number of nitrogens with one attached hydrogen (secondary N) is 1. The molecule has 4 rings (SSSR count). The van der Waals surface area contributed by atoms with Gasteiger partial charge in [-0.3, -0.25) is 4.99 Å². The van der Waals surface area contributed by atoms with Crippen LogP contribution in [0.3, 0.4) is 0 Å². The van der Waals surface area contributed by atoms with Crippen molar-refractivity contribution in [3.05, 3.63) is 41.7 Å². The molecule has 8 heteroatoms. The van der Waals surface area contributed by atoms with Gasteiger partial charge in [0.1, 0.15) is 17.5 Å². The molecule has 2 aliphatic heterocycles.